The highest BCUT2D eigenvalue weighted by molar-refractivity contribution is 8.02. The zero-order chi connectivity index (χ0) is 23.2. The average Bonchev–Trinajstić information content (AvgIpc) is 3.19. The van der Waals surface area contributed by atoms with Crippen molar-refractivity contribution in [1.29, 1.82) is 0 Å². The predicted octanol–water partition coefficient (Wildman–Crippen LogP) is 2.29. The minimum absolute atomic E-state index is 0.0335. The Labute approximate surface area is 199 Å². The van der Waals surface area contributed by atoms with Crippen LogP contribution in [0, 0.1) is 11.8 Å². The van der Waals surface area contributed by atoms with E-state index >= 15 is 0 Å². The molecule has 1 aliphatic carbocycles. The molecule has 2 amide bonds. The minimum Gasteiger partial charge on any atom is -0.465 e. The lowest BCUT2D eigenvalue weighted by molar-refractivity contribution is -0.153. The van der Waals surface area contributed by atoms with Crippen LogP contribution >= 0.6 is 11.8 Å². The Kier molecular flexibility index (Phi) is 6.33. The molecule has 4 aliphatic heterocycles. The first-order valence-corrected chi connectivity index (χ1v) is 13.3. The van der Waals surface area contributed by atoms with Crippen LogP contribution in [0.15, 0.2) is 24.3 Å². The molecule has 3 fully saturated rings. The second kappa shape index (κ2) is 9.10. The first-order chi connectivity index (χ1) is 16.0. The molecule has 180 valence electrons. The maximum absolute atomic E-state index is 14.2. The summed E-state index contributed by atoms with van der Waals surface area (Å²) in [7, 11) is 0. The van der Waals surface area contributed by atoms with Crippen LogP contribution in [0.5, 0.6) is 0 Å². The number of hydrogen-bond acceptors (Lipinski definition) is 6. The van der Waals surface area contributed by atoms with E-state index in [1.807, 2.05) is 36.1 Å². The van der Waals surface area contributed by atoms with Crippen molar-refractivity contribution in [3.8, 4) is 0 Å². The molecule has 5 aliphatic rings. The highest BCUT2D eigenvalue weighted by Crippen LogP contribution is 2.61. The molecule has 1 N–H and O–H groups in total. The van der Waals surface area contributed by atoms with E-state index in [4.69, 9.17) is 4.74 Å². The zero-order valence-corrected chi connectivity index (χ0v) is 20.0. The molecule has 5 rings (SSSR count). The number of aliphatic hydroxyl groups is 1. The Balaban J connectivity index is 1.60. The van der Waals surface area contributed by atoms with Gasteiger partial charge in [0.1, 0.15) is 6.04 Å². The second-order valence-electron chi connectivity index (χ2n) is 9.90. The van der Waals surface area contributed by atoms with Gasteiger partial charge in [-0.3, -0.25) is 14.4 Å². The summed E-state index contributed by atoms with van der Waals surface area (Å²) in [6.45, 7) is 2.56. The topological polar surface area (TPSA) is 87.2 Å². The number of nitrogens with zero attached hydrogens (tertiary/aromatic N) is 2. The lowest BCUT2D eigenvalue weighted by atomic mass is 9.78. The SMILES string of the molecule is CC[C@@H](CO)N1C(=O)[C@@H]2[C@@H]3C(=O)OCCC=C[C@@H]3S[C@@]23C=CCN(C2CCCCC2)C(=O)C13. The molecule has 1 unspecified atom stereocenters. The number of cyclic esters (lactones) is 1. The third-order valence-electron chi connectivity index (χ3n) is 8.18. The lowest BCUT2D eigenvalue weighted by Crippen LogP contribution is -2.58. The van der Waals surface area contributed by atoms with Crippen molar-refractivity contribution in [3.05, 3.63) is 24.3 Å². The molecular weight excluding hydrogens is 440 g/mol. The summed E-state index contributed by atoms with van der Waals surface area (Å²) < 4.78 is 4.68. The highest BCUT2D eigenvalue weighted by atomic mass is 32.2. The predicted molar refractivity (Wildman–Crippen MR) is 125 cm³/mol. The summed E-state index contributed by atoms with van der Waals surface area (Å²) in [5, 5.41) is 9.94. The smallest absolute Gasteiger partial charge is 0.311 e. The van der Waals surface area contributed by atoms with Gasteiger partial charge in [0, 0.05) is 17.8 Å². The van der Waals surface area contributed by atoms with Crippen molar-refractivity contribution in [2.24, 2.45) is 11.8 Å². The first-order valence-electron chi connectivity index (χ1n) is 12.5. The molecule has 1 spiro atoms. The number of rotatable bonds is 4. The van der Waals surface area contributed by atoms with Crippen LogP contribution < -0.4 is 0 Å². The number of hydrogen-bond donors (Lipinski definition) is 1. The molecule has 0 radical (unpaired) electrons. The van der Waals surface area contributed by atoms with Crippen molar-refractivity contribution in [2.45, 2.75) is 80.0 Å². The van der Waals surface area contributed by atoms with Gasteiger partial charge < -0.3 is 19.6 Å². The number of thioether (sulfide) groups is 1. The van der Waals surface area contributed by atoms with Crippen LogP contribution in [0.3, 0.4) is 0 Å². The van der Waals surface area contributed by atoms with Crippen LogP contribution in [0.25, 0.3) is 0 Å². The number of aliphatic hydroxyl groups excluding tert-OH is 1. The minimum atomic E-state index is -0.830. The van der Waals surface area contributed by atoms with E-state index in [2.05, 4.69) is 0 Å². The summed E-state index contributed by atoms with van der Waals surface area (Å²) in [5.41, 5.74) is 0. The Morgan fingerprint density at radius 3 is 2.70 bits per heavy atom. The van der Waals surface area contributed by atoms with Crippen LogP contribution in [0.4, 0.5) is 0 Å². The molecule has 0 aromatic rings. The summed E-state index contributed by atoms with van der Waals surface area (Å²) in [5.74, 6) is -1.87. The Hall–Kier alpha value is -1.80. The average molecular weight is 475 g/mol. The van der Waals surface area contributed by atoms with Gasteiger partial charge in [-0.05, 0) is 25.7 Å². The Morgan fingerprint density at radius 1 is 1.18 bits per heavy atom. The number of carbonyl (C=O) groups is 3. The quantitative estimate of drug-likeness (QED) is 0.497. The molecule has 6 atom stereocenters. The number of esters is 1. The molecule has 4 heterocycles. The van der Waals surface area contributed by atoms with Gasteiger partial charge in [0.05, 0.1) is 35.8 Å². The molecule has 1 saturated carbocycles. The van der Waals surface area contributed by atoms with E-state index in [9.17, 15) is 19.5 Å². The molecule has 0 aromatic heterocycles. The molecule has 2 saturated heterocycles. The largest absolute Gasteiger partial charge is 0.465 e. The number of fused-ring (bicyclic) bond motifs is 2. The fourth-order valence-corrected chi connectivity index (χ4v) is 8.58. The van der Waals surface area contributed by atoms with E-state index in [0.29, 0.717) is 26.0 Å². The van der Waals surface area contributed by atoms with Gasteiger partial charge in [-0.25, -0.2) is 0 Å². The number of carbonyl (C=O) groups excluding carboxylic acids is 3. The monoisotopic (exact) mass is 474 g/mol. The van der Waals surface area contributed by atoms with Gasteiger partial charge in [0.15, 0.2) is 0 Å². The standard InChI is InChI=1S/C25H34N2O5S/c1-2-16(15-28)27-21-23(30)26(17-9-4-3-5-10-17)13-8-12-25(21)20(22(27)29)19-18(33-25)11-6-7-14-32-24(19)31/h6,8,11-12,16-21,28H,2-5,7,9-10,13-15H2,1H3/t16-,18-,19+,20-,21?,25-/m0/s1. The highest BCUT2D eigenvalue weighted by Gasteiger charge is 2.71. The van der Waals surface area contributed by atoms with Crippen LogP contribution in [0.2, 0.25) is 0 Å². The molecular formula is C25H34N2O5S. The lowest BCUT2D eigenvalue weighted by Gasteiger charge is -2.41. The maximum atomic E-state index is 14.2. The summed E-state index contributed by atoms with van der Waals surface area (Å²) >= 11 is 1.57. The molecule has 7 nitrogen and oxygen atoms in total. The fraction of sp³-hybridized carbons (Fsp3) is 0.720. The normalized spacial score (nSPS) is 37.7. The number of ether oxygens (including phenoxy) is 1. The molecule has 0 aromatic carbocycles. The maximum Gasteiger partial charge on any atom is 0.311 e. The van der Waals surface area contributed by atoms with E-state index in [-0.39, 0.29) is 35.7 Å². The summed E-state index contributed by atoms with van der Waals surface area (Å²) in [4.78, 5) is 45.0. The molecule has 33 heavy (non-hydrogen) atoms. The van der Waals surface area contributed by atoms with Crippen LogP contribution in [-0.4, -0.2) is 80.6 Å². The summed E-state index contributed by atoms with van der Waals surface area (Å²) in [6.07, 6.45) is 14.7. The van der Waals surface area contributed by atoms with Crippen LogP contribution in [-0.2, 0) is 19.1 Å². The molecule has 8 heteroatoms. The number of amides is 2. The van der Waals surface area contributed by atoms with Crippen molar-refractivity contribution in [3.63, 3.8) is 0 Å². The van der Waals surface area contributed by atoms with Gasteiger partial charge in [-0.1, -0.05) is 50.5 Å². The third kappa shape index (κ3) is 3.55. The number of likely N-dealkylation sites (tertiary alicyclic amines) is 1. The third-order valence-corrected chi connectivity index (χ3v) is 9.92. The van der Waals surface area contributed by atoms with Crippen LogP contribution in [0.1, 0.15) is 51.9 Å². The Bertz CT molecular complexity index is 865. The van der Waals surface area contributed by atoms with Gasteiger partial charge in [0.25, 0.3) is 0 Å². The zero-order valence-electron chi connectivity index (χ0n) is 19.2. The van der Waals surface area contributed by atoms with E-state index in [1.54, 1.807) is 16.7 Å². The van der Waals surface area contributed by atoms with Crippen molar-refractivity contribution < 1.29 is 24.2 Å². The van der Waals surface area contributed by atoms with Gasteiger partial charge in [0.2, 0.25) is 11.8 Å². The van der Waals surface area contributed by atoms with E-state index < -0.39 is 28.7 Å². The molecule has 0 bridgehead atoms. The van der Waals surface area contributed by atoms with E-state index in [0.717, 1.165) is 25.7 Å². The Morgan fingerprint density at radius 2 is 1.97 bits per heavy atom. The van der Waals surface area contributed by atoms with Crippen molar-refractivity contribution in [1.82, 2.24) is 9.80 Å². The summed E-state index contributed by atoms with van der Waals surface area (Å²) in [6, 6.07) is -0.985. The fourth-order valence-electron chi connectivity index (χ4n) is 6.59. The first kappa shape index (κ1) is 23.0. The van der Waals surface area contributed by atoms with Gasteiger partial charge in [-0.15, -0.1) is 11.8 Å². The van der Waals surface area contributed by atoms with Crippen molar-refractivity contribution >= 4 is 29.5 Å². The van der Waals surface area contributed by atoms with Gasteiger partial charge >= 0.3 is 5.97 Å². The second-order valence-corrected chi connectivity index (χ2v) is 11.4. The van der Waals surface area contributed by atoms with Gasteiger partial charge in [-0.2, -0.15) is 0 Å². The van der Waals surface area contributed by atoms with Crippen molar-refractivity contribution in [2.75, 3.05) is 19.8 Å². The van der Waals surface area contributed by atoms with E-state index in [1.165, 1.54) is 6.42 Å².